The van der Waals surface area contributed by atoms with Crippen LogP contribution in [0.1, 0.15) is 15.9 Å². The zero-order valence-corrected chi connectivity index (χ0v) is 15.3. The third-order valence-corrected chi connectivity index (χ3v) is 4.43. The van der Waals surface area contributed by atoms with Crippen LogP contribution in [-0.2, 0) is 19.6 Å². The van der Waals surface area contributed by atoms with Crippen LogP contribution in [-0.4, -0.2) is 34.0 Å². The predicted octanol–water partition coefficient (Wildman–Crippen LogP) is 1.59. The van der Waals surface area contributed by atoms with E-state index in [-0.39, 0.29) is 21.9 Å². The molecule has 2 rings (SSSR count). The Morgan fingerprint density at radius 2 is 1.89 bits per heavy atom. The van der Waals surface area contributed by atoms with Gasteiger partial charge >= 0.3 is 5.97 Å². The average Bonchev–Trinajstić information content (AvgIpc) is 2.61. The highest BCUT2D eigenvalue weighted by atomic mass is 32.2. The molecule has 144 valence electrons. The first kappa shape index (κ1) is 20.3. The average molecular weight is 396 g/mol. The molecule has 0 radical (unpaired) electrons. The summed E-state index contributed by atoms with van der Waals surface area (Å²) in [6, 6.07) is 7.62. The van der Waals surface area contributed by atoms with Gasteiger partial charge < -0.3 is 14.8 Å². The van der Waals surface area contributed by atoms with Crippen LogP contribution < -0.4 is 15.2 Å². The van der Waals surface area contributed by atoms with Gasteiger partial charge in [0.2, 0.25) is 10.0 Å². The number of nitrogens with one attached hydrogen (secondary N) is 1. The molecule has 0 aromatic heterocycles. The number of ether oxygens (including phenoxy) is 2. The molecule has 0 saturated carbocycles. The lowest BCUT2D eigenvalue weighted by Gasteiger charge is -2.10. The van der Waals surface area contributed by atoms with Crippen molar-refractivity contribution in [2.45, 2.75) is 11.8 Å². The van der Waals surface area contributed by atoms with Gasteiger partial charge in [0.05, 0.1) is 12.7 Å². The molecule has 10 heteroatoms. The van der Waals surface area contributed by atoms with Crippen molar-refractivity contribution in [1.82, 2.24) is 0 Å². The molecule has 0 unspecified atom stereocenters. The van der Waals surface area contributed by atoms with Crippen LogP contribution in [0.25, 0.3) is 0 Å². The predicted molar refractivity (Wildman–Crippen MR) is 94.4 cm³/mol. The summed E-state index contributed by atoms with van der Waals surface area (Å²) in [4.78, 5) is 23.5. The van der Waals surface area contributed by atoms with Crippen molar-refractivity contribution < 1.29 is 31.9 Å². The standard InChI is InChI=1S/C17H17FN2O6S/c1-10-3-5-12(8-13(10)18)20-16(21)9-26-17(22)11-4-6-14(25-2)15(7-11)27(19,23)24/h3-8H,9H2,1-2H3,(H,20,21)(H2,19,23,24). The molecule has 0 aliphatic rings. The number of primary sulfonamides is 1. The van der Waals surface area contributed by atoms with Gasteiger partial charge in [-0.25, -0.2) is 22.7 Å². The van der Waals surface area contributed by atoms with E-state index < -0.39 is 34.3 Å². The number of esters is 1. The van der Waals surface area contributed by atoms with Gasteiger partial charge in [-0.3, -0.25) is 4.79 Å². The molecular formula is C17H17FN2O6S. The molecule has 0 heterocycles. The molecule has 0 spiro atoms. The van der Waals surface area contributed by atoms with Crippen LogP contribution in [0.4, 0.5) is 10.1 Å². The fraction of sp³-hybridized carbons (Fsp3) is 0.176. The Balaban J connectivity index is 2.04. The van der Waals surface area contributed by atoms with Gasteiger partial charge in [-0.05, 0) is 42.8 Å². The number of aryl methyl sites for hydroxylation is 1. The van der Waals surface area contributed by atoms with Crippen LogP contribution >= 0.6 is 0 Å². The molecule has 0 bridgehead atoms. The number of hydrogen-bond donors (Lipinski definition) is 2. The van der Waals surface area contributed by atoms with Crippen molar-refractivity contribution in [2.24, 2.45) is 5.14 Å². The Kier molecular flexibility index (Phi) is 6.13. The van der Waals surface area contributed by atoms with E-state index in [9.17, 15) is 22.4 Å². The summed E-state index contributed by atoms with van der Waals surface area (Å²) < 4.78 is 46.3. The third kappa shape index (κ3) is 5.25. The Bertz CT molecular complexity index is 991. The number of hydrogen-bond acceptors (Lipinski definition) is 6. The SMILES string of the molecule is COc1ccc(C(=O)OCC(=O)Nc2ccc(C)c(F)c2)cc1S(N)(=O)=O. The minimum atomic E-state index is -4.13. The van der Waals surface area contributed by atoms with E-state index >= 15 is 0 Å². The van der Waals surface area contributed by atoms with Crippen LogP contribution in [0.15, 0.2) is 41.3 Å². The molecule has 2 aromatic rings. The number of halogens is 1. The largest absolute Gasteiger partial charge is 0.495 e. The fourth-order valence-corrected chi connectivity index (χ4v) is 2.83. The number of nitrogens with two attached hydrogens (primary N) is 1. The summed E-state index contributed by atoms with van der Waals surface area (Å²) in [5.74, 6) is -2.15. The van der Waals surface area contributed by atoms with E-state index in [0.717, 1.165) is 12.1 Å². The maximum atomic E-state index is 13.5. The van der Waals surface area contributed by atoms with Crippen LogP contribution in [0.3, 0.4) is 0 Å². The zero-order chi connectivity index (χ0) is 20.2. The normalized spacial score (nSPS) is 11.0. The third-order valence-electron chi connectivity index (χ3n) is 3.50. The summed E-state index contributed by atoms with van der Waals surface area (Å²) >= 11 is 0. The Morgan fingerprint density at radius 1 is 1.19 bits per heavy atom. The smallest absolute Gasteiger partial charge is 0.338 e. The van der Waals surface area contributed by atoms with Crippen molar-refractivity contribution in [3.05, 3.63) is 53.3 Å². The van der Waals surface area contributed by atoms with Gasteiger partial charge in [-0.1, -0.05) is 6.07 Å². The van der Waals surface area contributed by atoms with E-state index in [4.69, 9.17) is 14.6 Å². The van der Waals surface area contributed by atoms with Crippen LogP contribution in [0.2, 0.25) is 0 Å². The highest BCUT2D eigenvalue weighted by Gasteiger charge is 2.19. The number of sulfonamides is 1. The van der Waals surface area contributed by atoms with Gasteiger partial charge in [-0.15, -0.1) is 0 Å². The van der Waals surface area contributed by atoms with E-state index in [2.05, 4.69) is 5.32 Å². The topological polar surface area (TPSA) is 125 Å². The highest BCUT2D eigenvalue weighted by Crippen LogP contribution is 2.24. The first-order valence-corrected chi connectivity index (χ1v) is 9.10. The van der Waals surface area contributed by atoms with E-state index in [1.807, 2.05) is 0 Å². The number of benzene rings is 2. The van der Waals surface area contributed by atoms with E-state index in [1.54, 1.807) is 6.92 Å². The summed E-state index contributed by atoms with van der Waals surface area (Å²) in [6.07, 6.45) is 0. The molecular weight excluding hydrogens is 379 g/mol. The second-order valence-corrected chi connectivity index (χ2v) is 7.03. The molecule has 27 heavy (non-hydrogen) atoms. The number of carbonyl (C=O) groups is 2. The lowest BCUT2D eigenvalue weighted by Crippen LogP contribution is -2.21. The van der Waals surface area contributed by atoms with E-state index in [0.29, 0.717) is 5.56 Å². The van der Waals surface area contributed by atoms with Crippen LogP contribution in [0.5, 0.6) is 5.75 Å². The zero-order valence-electron chi connectivity index (χ0n) is 14.5. The molecule has 1 amide bonds. The summed E-state index contributed by atoms with van der Waals surface area (Å²) in [7, 11) is -2.88. The van der Waals surface area contributed by atoms with Gasteiger partial charge in [0, 0.05) is 5.69 Å². The van der Waals surface area contributed by atoms with E-state index in [1.165, 1.54) is 31.4 Å². The second kappa shape index (κ2) is 8.14. The number of carbonyl (C=O) groups excluding carboxylic acids is 2. The van der Waals surface area contributed by atoms with Crippen molar-refractivity contribution in [1.29, 1.82) is 0 Å². The Hall–Kier alpha value is -2.98. The molecule has 0 aliphatic heterocycles. The first-order valence-electron chi connectivity index (χ1n) is 7.56. The first-order chi connectivity index (χ1) is 12.6. The summed E-state index contributed by atoms with van der Waals surface area (Å²) in [5.41, 5.74) is 0.499. The van der Waals surface area contributed by atoms with Gasteiger partial charge in [-0.2, -0.15) is 0 Å². The van der Waals surface area contributed by atoms with Gasteiger partial charge in [0.1, 0.15) is 16.5 Å². The highest BCUT2D eigenvalue weighted by molar-refractivity contribution is 7.89. The molecule has 0 saturated heterocycles. The van der Waals surface area contributed by atoms with Crippen LogP contribution in [0, 0.1) is 12.7 Å². The number of methoxy groups -OCH3 is 1. The molecule has 2 aromatic carbocycles. The fourth-order valence-electron chi connectivity index (χ4n) is 2.11. The molecule has 0 aliphatic carbocycles. The minimum Gasteiger partial charge on any atom is -0.495 e. The van der Waals surface area contributed by atoms with Crippen molar-refractivity contribution in [2.75, 3.05) is 19.0 Å². The van der Waals surface area contributed by atoms with Crippen molar-refractivity contribution in [3.8, 4) is 5.75 Å². The molecule has 0 fully saturated rings. The van der Waals surface area contributed by atoms with Gasteiger partial charge in [0.15, 0.2) is 6.61 Å². The number of rotatable bonds is 6. The summed E-state index contributed by atoms with van der Waals surface area (Å²) in [6.45, 7) is 0.929. The maximum Gasteiger partial charge on any atom is 0.338 e. The lowest BCUT2D eigenvalue weighted by molar-refractivity contribution is -0.119. The maximum absolute atomic E-state index is 13.5. The minimum absolute atomic E-state index is 0.0341. The quantitative estimate of drug-likeness (QED) is 0.715. The summed E-state index contributed by atoms with van der Waals surface area (Å²) in [5, 5.41) is 7.46. The molecule has 3 N–H and O–H groups in total. The second-order valence-electron chi connectivity index (χ2n) is 5.50. The number of anilines is 1. The van der Waals surface area contributed by atoms with Crippen molar-refractivity contribution in [3.63, 3.8) is 0 Å². The monoisotopic (exact) mass is 396 g/mol. The molecule has 8 nitrogen and oxygen atoms in total. The Labute approximate surface area is 155 Å². The number of amides is 1. The van der Waals surface area contributed by atoms with Crippen molar-refractivity contribution >= 4 is 27.6 Å². The Morgan fingerprint density at radius 3 is 2.48 bits per heavy atom. The molecule has 0 atom stereocenters. The lowest BCUT2D eigenvalue weighted by atomic mass is 10.2. The van der Waals surface area contributed by atoms with Gasteiger partial charge in [0.25, 0.3) is 5.91 Å².